The third kappa shape index (κ3) is 2.07. The molecule has 0 spiro atoms. The van der Waals surface area contributed by atoms with E-state index in [1.807, 2.05) is 0 Å². The van der Waals surface area contributed by atoms with Gasteiger partial charge in [-0.2, -0.15) is 0 Å². The molecule has 0 bridgehead atoms. The maximum Gasteiger partial charge on any atom is 0.338 e. The van der Waals surface area contributed by atoms with Gasteiger partial charge in [0.25, 0.3) is 0 Å². The van der Waals surface area contributed by atoms with E-state index in [0.717, 1.165) is 0 Å². The molecule has 0 aliphatic carbocycles. The van der Waals surface area contributed by atoms with E-state index in [9.17, 15) is 9.00 Å². The highest BCUT2D eigenvalue weighted by molar-refractivity contribution is 7.79. The van der Waals surface area contributed by atoms with E-state index in [1.165, 1.54) is 19.2 Å². The van der Waals surface area contributed by atoms with Crippen molar-refractivity contribution in [3.63, 3.8) is 0 Å². The van der Waals surface area contributed by atoms with Crippen LogP contribution in [0.15, 0.2) is 41.3 Å². The number of ether oxygens (including phenoxy) is 1. The lowest BCUT2D eigenvalue weighted by molar-refractivity contribution is 0.0603. The number of hydrogen-bond acceptors (Lipinski definition) is 3. The second-order valence-electron chi connectivity index (χ2n) is 3.40. The monoisotopic (exact) mass is 250 g/mol. The minimum atomic E-state index is -2.08. The van der Waals surface area contributed by atoms with Crippen LogP contribution < -0.4 is 0 Å². The Kier molecular flexibility index (Phi) is 3.21. The molecular formula is C12H10O4S. The van der Waals surface area contributed by atoms with Crippen molar-refractivity contribution in [2.45, 2.75) is 4.90 Å². The van der Waals surface area contributed by atoms with Crippen LogP contribution in [0.5, 0.6) is 0 Å². The van der Waals surface area contributed by atoms with Crippen molar-refractivity contribution < 1.29 is 18.3 Å². The summed E-state index contributed by atoms with van der Waals surface area (Å²) in [7, 11) is 1.30. The lowest BCUT2D eigenvalue weighted by Gasteiger charge is -2.07. The summed E-state index contributed by atoms with van der Waals surface area (Å²) in [5.74, 6) is -0.462. The van der Waals surface area contributed by atoms with Crippen molar-refractivity contribution in [3.8, 4) is 0 Å². The van der Waals surface area contributed by atoms with Gasteiger partial charge in [0.05, 0.1) is 17.6 Å². The van der Waals surface area contributed by atoms with E-state index < -0.39 is 17.0 Å². The van der Waals surface area contributed by atoms with E-state index in [1.54, 1.807) is 24.3 Å². The molecule has 0 aliphatic rings. The van der Waals surface area contributed by atoms with Crippen LogP contribution in [0, 0.1) is 0 Å². The summed E-state index contributed by atoms with van der Waals surface area (Å²) in [5.41, 5.74) is 0.386. The number of hydrogen-bond donors (Lipinski definition) is 1. The summed E-state index contributed by atoms with van der Waals surface area (Å²) < 4.78 is 25.0. The number of esters is 1. The Morgan fingerprint density at radius 1 is 1.18 bits per heavy atom. The van der Waals surface area contributed by atoms with E-state index in [4.69, 9.17) is 4.55 Å². The van der Waals surface area contributed by atoms with Gasteiger partial charge in [0.2, 0.25) is 0 Å². The van der Waals surface area contributed by atoms with Crippen LogP contribution in [0.2, 0.25) is 0 Å². The van der Waals surface area contributed by atoms with Gasteiger partial charge < -0.3 is 9.29 Å². The van der Waals surface area contributed by atoms with Crippen LogP contribution in [0.1, 0.15) is 10.4 Å². The first kappa shape index (κ1) is 11.8. The quantitative estimate of drug-likeness (QED) is 0.655. The van der Waals surface area contributed by atoms with Gasteiger partial charge >= 0.3 is 5.97 Å². The summed E-state index contributed by atoms with van der Waals surface area (Å²) in [6, 6.07) is 9.89. The Balaban J connectivity index is 2.79. The Bertz CT molecular complexity index is 606. The molecule has 0 amide bonds. The largest absolute Gasteiger partial charge is 0.465 e. The van der Waals surface area contributed by atoms with Crippen LogP contribution in [-0.2, 0) is 15.8 Å². The maximum atomic E-state index is 11.5. The SMILES string of the molecule is COC(=O)c1ccc(S(=O)O)c2ccccc12. The summed E-state index contributed by atoms with van der Waals surface area (Å²) in [5, 5.41) is 1.19. The second-order valence-corrected chi connectivity index (χ2v) is 4.34. The van der Waals surface area contributed by atoms with Crippen LogP contribution in [-0.4, -0.2) is 21.8 Å². The van der Waals surface area contributed by atoms with Crippen LogP contribution >= 0.6 is 0 Å². The Hall–Kier alpha value is -1.72. The molecule has 2 rings (SSSR count). The fraction of sp³-hybridized carbons (Fsp3) is 0.0833. The summed E-state index contributed by atoms with van der Waals surface area (Å²) in [6.45, 7) is 0. The lowest BCUT2D eigenvalue weighted by Crippen LogP contribution is -2.03. The van der Waals surface area contributed by atoms with Gasteiger partial charge in [-0.1, -0.05) is 24.3 Å². The predicted octanol–water partition coefficient (Wildman–Crippen LogP) is 2.21. The van der Waals surface area contributed by atoms with Crippen molar-refractivity contribution in [2.24, 2.45) is 0 Å². The topological polar surface area (TPSA) is 63.6 Å². The summed E-state index contributed by atoms with van der Waals surface area (Å²) in [6.07, 6.45) is 0. The van der Waals surface area contributed by atoms with Gasteiger partial charge in [-0.3, -0.25) is 0 Å². The number of carbonyl (C=O) groups is 1. The predicted molar refractivity (Wildman–Crippen MR) is 64.3 cm³/mol. The maximum absolute atomic E-state index is 11.5. The molecule has 88 valence electrons. The van der Waals surface area contributed by atoms with Gasteiger partial charge in [0, 0.05) is 5.39 Å². The van der Waals surface area contributed by atoms with Crippen LogP contribution in [0.3, 0.4) is 0 Å². The van der Waals surface area contributed by atoms with Crippen molar-refractivity contribution in [2.75, 3.05) is 7.11 Å². The Morgan fingerprint density at radius 2 is 1.82 bits per heavy atom. The molecule has 0 aliphatic heterocycles. The molecule has 2 aromatic carbocycles. The fourth-order valence-electron chi connectivity index (χ4n) is 1.71. The van der Waals surface area contributed by atoms with Gasteiger partial charge in [0.15, 0.2) is 11.1 Å². The molecule has 2 aromatic rings. The van der Waals surface area contributed by atoms with E-state index in [0.29, 0.717) is 16.3 Å². The molecule has 17 heavy (non-hydrogen) atoms. The normalized spacial score (nSPS) is 12.4. The average Bonchev–Trinajstić information content (AvgIpc) is 2.36. The average molecular weight is 250 g/mol. The van der Waals surface area contributed by atoms with Gasteiger partial charge in [0.1, 0.15) is 0 Å². The number of fused-ring (bicyclic) bond motifs is 1. The van der Waals surface area contributed by atoms with Crippen molar-refractivity contribution in [3.05, 3.63) is 42.0 Å². The zero-order valence-corrected chi connectivity index (χ0v) is 9.86. The Morgan fingerprint density at radius 3 is 2.41 bits per heavy atom. The second kappa shape index (κ2) is 4.65. The first-order chi connectivity index (χ1) is 8.15. The molecule has 0 heterocycles. The first-order valence-corrected chi connectivity index (χ1v) is 5.96. The number of benzene rings is 2. The Labute approximate surface area is 100 Å². The molecule has 0 saturated carbocycles. The molecule has 1 N–H and O–H groups in total. The van der Waals surface area contributed by atoms with E-state index in [-0.39, 0.29) is 4.90 Å². The molecule has 0 fully saturated rings. The van der Waals surface area contributed by atoms with E-state index in [2.05, 4.69) is 4.74 Å². The molecule has 1 atom stereocenters. The van der Waals surface area contributed by atoms with Gasteiger partial charge in [-0.05, 0) is 17.5 Å². The molecule has 0 aromatic heterocycles. The van der Waals surface area contributed by atoms with E-state index >= 15 is 0 Å². The van der Waals surface area contributed by atoms with Crippen molar-refractivity contribution in [1.82, 2.24) is 0 Å². The molecule has 5 heteroatoms. The van der Waals surface area contributed by atoms with Crippen molar-refractivity contribution >= 4 is 27.8 Å². The van der Waals surface area contributed by atoms with Gasteiger partial charge in [-0.25, -0.2) is 9.00 Å². The number of rotatable bonds is 2. The van der Waals surface area contributed by atoms with Crippen molar-refractivity contribution in [1.29, 1.82) is 0 Å². The molecule has 4 nitrogen and oxygen atoms in total. The summed E-state index contributed by atoms with van der Waals surface area (Å²) in [4.78, 5) is 11.8. The highest BCUT2D eigenvalue weighted by Crippen LogP contribution is 2.25. The zero-order chi connectivity index (χ0) is 12.4. The molecule has 0 saturated heterocycles. The molecular weight excluding hydrogens is 240 g/mol. The van der Waals surface area contributed by atoms with Crippen LogP contribution in [0.4, 0.5) is 0 Å². The number of carbonyl (C=O) groups excluding carboxylic acids is 1. The lowest BCUT2D eigenvalue weighted by atomic mass is 10.0. The minimum absolute atomic E-state index is 0.285. The van der Waals surface area contributed by atoms with Gasteiger partial charge in [-0.15, -0.1) is 0 Å². The standard InChI is InChI=1S/C12H10O4S/c1-16-12(13)10-6-7-11(17(14)15)9-5-3-2-4-8(9)10/h2-7H,1H3,(H,14,15). The molecule has 0 radical (unpaired) electrons. The van der Waals surface area contributed by atoms with Crippen LogP contribution in [0.25, 0.3) is 10.8 Å². The third-order valence-electron chi connectivity index (χ3n) is 2.48. The minimum Gasteiger partial charge on any atom is -0.465 e. The number of methoxy groups -OCH3 is 1. The molecule has 1 unspecified atom stereocenters. The highest BCUT2D eigenvalue weighted by Gasteiger charge is 2.14. The zero-order valence-electron chi connectivity index (χ0n) is 9.04. The fourth-order valence-corrected chi connectivity index (χ4v) is 2.26. The summed E-state index contributed by atoms with van der Waals surface area (Å²) >= 11 is -2.08. The third-order valence-corrected chi connectivity index (χ3v) is 3.21. The highest BCUT2D eigenvalue weighted by atomic mass is 32.2. The first-order valence-electron chi connectivity index (χ1n) is 4.86. The smallest absolute Gasteiger partial charge is 0.338 e.